The van der Waals surface area contributed by atoms with Crippen LogP contribution in [0, 0.1) is 11.8 Å². The lowest BCUT2D eigenvalue weighted by atomic mass is 10.1. The maximum absolute atomic E-state index is 5.98. The molecule has 1 aromatic carbocycles. The Kier molecular flexibility index (Phi) is 3.47. The molecule has 24 heavy (non-hydrogen) atoms. The molecule has 118 valence electrons. The molecule has 4 rings (SSSR count). The van der Waals surface area contributed by atoms with Crippen LogP contribution in [-0.4, -0.2) is 24.5 Å². The van der Waals surface area contributed by atoms with Crippen LogP contribution in [0.4, 0.5) is 0 Å². The molecule has 0 aliphatic heterocycles. The van der Waals surface area contributed by atoms with Crippen molar-refractivity contribution in [2.45, 2.75) is 19.9 Å². The molecule has 6 heteroatoms. The van der Waals surface area contributed by atoms with Gasteiger partial charge in [0.25, 0.3) is 0 Å². The summed E-state index contributed by atoms with van der Waals surface area (Å²) in [4.78, 5) is 15.9. The number of nitrogens with zero attached hydrogens (tertiary/aromatic N) is 4. The summed E-state index contributed by atoms with van der Waals surface area (Å²) in [6.07, 6.45) is 3.65. The van der Waals surface area contributed by atoms with Gasteiger partial charge in [0.15, 0.2) is 0 Å². The molecule has 0 fully saturated rings. The van der Waals surface area contributed by atoms with E-state index in [4.69, 9.17) is 11.6 Å². The molecule has 3 heterocycles. The van der Waals surface area contributed by atoms with E-state index >= 15 is 0 Å². The standard InChI is InChI=1S/C18H14ClN5/c1-11(2)24-10-21-15-5-3-4-12(16(15)24)6-7-14-13-8-9-20-17(13)23-18(19)22-14/h3-5,8-11H,1-2H3,(H,20,22,23). The van der Waals surface area contributed by atoms with Gasteiger partial charge in [-0.2, -0.15) is 4.98 Å². The number of H-pyrrole nitrogens is 1. The van der Waals surface area contributed by atoms with Gasteiger partial charge in [0.05, 0.1) is 28.3 Å². The van der Waals surface area contributed by atoms with E-state index < -0.39 is 0 Å². The number of rotatable bonds is 1. The van der Waals surface area contributed by atoms with Gasteiger partial charge in [-0.1, -0.05) is 12.0 Å². The molecule has 0 bridgehead atoms. The molecule has 0 spiro atoms. The molecule has 4 aromatic rings. The van der Waals surface area contributed by atoms with Crippen molar-refractivity contribution in [1.82, 2.24) is 24.5 Å². The number of imidazole rings is 1. The fourth-order valence-corrected chi connectivity index (χ4v) is 2.89. The monoisotopic (exact) mass is 335 g/mol. The zero-order valence-electron chi connectivity index (χ0n) is 13.2. The highest BCUT2D eigenvalue weighted by Gasteiger charge is 2.09. The Labute approximate surface area is 143 Å². The van der Waals surface area contributed by atoms with Crippen molar-refractivity contribution in [3.63, 3.8) is 0 Å². The van der Waals surface area contributed by atoms with E-state index in [0.717, 1.165) is 22.0 Å². The topological polar surface area (TPSA) is 59.4 Å². The first-order chi connectivity index (χ1) is 11.6. The van der Waals surface area contributed by atoms with Gasteiger partial charge in [-0.15, -0.1) is 0 Å². The van der Waals surface area contributed by atoms with Gasteiger partial charge in [0.1, 0.15) is 11.3 Å². The predicted molar refractivity (Wildman–Crippen MR) is 95.0 cm³/mol. The zero-order valence-corrected chi connectivity index (χ0v) is 14.0. The van der Waals surface area contributed by atoms with E-state index in [9.17, 15) is 0 Å². The maximum Gasteiger partial charge on any atom is 0.225 e. The normalized spacial score (nSPS) is 11.2. The number of hydrogen-bond donors (Lipinski definition) is 1. The lowest BCUT2D eigenvalue weighted by Gasteiger charge is -2.08. The lowest BCUT2D eigenvalue weighted by molar-refractivity contribution is 0.617. The molecule has 0 saturated heterocycles. The minimum atomic E-state index is 0.180. The van der Waals surface area contributed by atoms with Crippen LogP contribution in [-0.2, 0) is 0 Å². The molecule has 0 unspecified atom stereocenters. The Morgan fingerprint density at radius 1 is 1.17 bits per heavy atom. The Balaban J connectivity index is 1.90. The number of nitrogens with one attached hydrogen (secondary N) is 1. The molecule has 3 aromatic heterocycles. The summed E-state index contributed by atoms with van der Waals surface area (Å²) < 4.78 is 2.12. The van der Waals surface area contributed by atoms with E-state index in [0.29, 0.717) is 17.4 Å². The quantitative estimate of drug-likeness (QED) is 0.423. The SMILES string of the molecule is CC(C)n1cnc2cccc(C#Cc3nc(Cl)nc4[nH]ccc34)c21. The molecule has 0 aliphatic rings. The molecule has 5 nitrogen and oxygen atoms in total. The third kappa shape index (κ3) is 2.41. The van der Waals surface area contributed by atoms with Crippen molar-refractivity contribution in [1.29, 1.82) is 0 Å². The largest absolute Gasteiger partial charge is 0.346 e. The molecule has 0 saturated carbocycles. The van der Waals surface area contributed by atoms with Crippen LogP contribution in [0.2, 0.25) is 5.28 Å². The number of aromatic amines is 1. The minimum absolute atomic E-state index is 0.180. The number of hydrogen-bond acceptors (Lipinski definition) is 3. The highest BCUT2D eigenvalue weighted by atomic mass is 35.5. The Bertz CT molecular complexity index is 1110. The van der Waals surface area contributed by atoms with E-state index in [-0.39, 0.29) is 5.28 Å². The zero-order chi connectivity index (χ0) is 16.7. The lowest BCUT2D eigenvalue weighted by Crippen LogP contribution is -1.99. The summed E-state index contributed by atoms with van der Waals surface area (Å²) in [6.45, 7) is 4.25. The average molecular weight is 336 g/mol. The van der Waals surface area contributed by atoms with Crippen molar-refractivity contribution >= 4 is 33.7 Å². The number of halogens is 1. The van der Waals surface area contributed by atoms with Crippen molar-refractivity contribution in [3.05, 3.63) is 53.3 Å². The summed E-state index contributed by atoms with van der Waals surface area (Å²) in [7, 11) is 0. The second-order valence-electron chi connectivity index (χ2n) is 5.75. The van der Waals surface area contributed by atoms with E-state index in [1.807, 2.05) is 30.6 Å². The maximum atomic E-state index is 5.98. The van der Waals surface area contributed by atoms with Crippen LogP contribution in [0.5, 0.6) is 0 Å². The minimum Gasteiger partial charge on any atom is -0.346 e. The molecule has 1 N–H and O–H groups in total. The van der Waals surface area contributed by atoms with Gasteiger partial charge in [0.2, 0.25) is 5.28 Å². The molecular formula is C18H14ClN5. The second-order valence-corrected chi connectivity index (χ2v) is 6.09. The molecule has 0 aliphatic carbocycles. The van der Waals surface area contributed by atoms with E-state index in [2.05, 4.69) is 50.2 Å². The number of fused-ring (bicyclic) bond motifs is 2. The Hall–Kier alpha value is -2.84. The van der Waals surface area contributed by atoms with Crippen LogP contribution in [0.1, 0.15) is 31.1 Å². The van der Waals surface area contributed by atoms with E-state index in [1.165, 1.54) is 0 Å². The van der Waals surface area contributed by atoms with Gasteiger partial charge < -0.3 is 9.55 Å². The highest BCUT2D eigenvalue weighted by molar-refractivity contribution is 6.28. The van der Waals surface area contributed by atoms with Crippen LogP contribution in [0.15, 0.2) is 36.8 Å². The molecule has 0 radical (unpaired) electrons. The third-order valence-electron chi connectivity index (χ3n) is 3.85. The number of aromatic nitrogens is 5. The fraction of sp³-hybridized carbons (Fsp3) is 0.167. The first-order valence-corrected chi connectivity index (χ1v) is 7.99. The van der Waals surface area contributed by atoms with Crippen molar-refractivity contribution in [2.75, 3.05) is 0 Å². The van der Waals surface area contributed by atoms with Gasteiger partial charge in [-0.3, -0.25) is 0 Å². The van der Waals surface area contributed by atoms with Crippen LogP contribution < -0.4 is 0 Å². The Morgan fingerprint density at radius 3 is 2.88 bits per heavy atom. The molecule has 0 atom stereocenters. The first-order valence-electron chi connectivity index (χ1n) is 7.61. The summed E-state index contributed by atoms with van der Waals surface area (Å²) in [5.41, 5.74) is 4.18. The first kappa shape index (κ1) is 14.7. The highest BCUT2D eigenvalue weighted by Crippen LogP contribution is 2.21. The van der Waals surface area contributed by atoms with Crippen LogP contribution in [0.3, 0.4) is 0 Å². The molecular weight excluding hydrogens is 322 g/mol. The summed E-state index contributed by atoms with van der Waals surface area (Å²) in [6, 6.07) is 8.15. The fourth-order valence-electron chi connectivity index (χ4n) is 2.72. The summed E-state index contributed by atoms with van der Waals surface area (Å²) >= 11 is 5.98. The number of para-hydroxylation sites is 1. The van der Waals surface area contributed by atoms with Crippen LogP contribution >= 0.6 is 11.6 Å². The van der Waals surface area contributed by atoms with Crippen molar-refractivity contribution < 1.29 is 0 Å². The van der Waals surface area contributed by atoms with Crippen molar-refractivity contribution in [3.8, 4) is 11.8 Å². The second kappa shape index (κ2) is 5.66. The van der Waals surface area contributed by atoms with Gasteiger partial charge in [0, 0.05) is 12.2 Å². The van der Waals surface area contributed by atoms with Gasteiger partial charge in [-0.05, 0) is 49.6 Å². The van der Waals surface area contributed by atoms with Gasteiger partial charge in [-0.25, -0.2) is 9.97 Å². The van der Waals surface area contributed by atoms with Gasteiger partial charge >= 0.3 is 0 Å². The predicted octanol–water partition coefficient (Wildman–Crippen LogP) is 3.94. The Morgan fingerprint density at radius 2 is 2.04 bits per heavy atom. The average Bonchev–Trinajstić information content (AvgIpc) is 3.18. The summed E-state index contributed by atoms with van der Waals surface area (Å²) in [5, 5.41) is 1.04. The smallest absolute Gasteiger partial charge is 0.225 e. The van der Waals surface area contributed by atoms with E-state index in [1.54, 1.807) is 6.20 Å². The molecule has 0 amide bonds. The van der Waals surface area contributed by atoms with Crippen LogP contribution in [0.25, 0.3) is 22.1 Å². The summed E-state index contributed by atoms with van der Waals surface area (Å²) in [5.74, 6) is 6.35. The number of benzene rings is 1. The third-order valence-corrected chi connectivity index (χ3v) is 4.02. The van der Waals surface area contributed by atoms with Crippen molar-refractivity contribution in [2.24, 2.45) is 0 Å².